The summed E-state index contributed by atoms with van der Waals surface area (Å²) in [6.07, 6.45) is 2.01. The summed E-state index contributed by atoms with van der Waals surface area (Å²) in [6, 6.07) is 11.0. The highest BCUT2D eigenvalue weighted by Gasteiger charge is 2.28. The zero-order chi connectivity index (χ0) is 25.6. The summed E-state index contributed by atoms with van der Waals surface area (Å²) in [7, 11) is -4.49. The van der Waals surface area contributed by atoms with Gasteiger partial charge < -0.3 is 9.73 Å². The van der Waals surface area contributed by atoms with Crippen LogP contribution in [0, 0.1) is 18.7 Å². The van der Waals surface area contributed by atoms with Gasteiger partial charge in [-0.15, -0.1) is 0 Å². The van der Waals surface area contributed by atoms with E-state index in [2.05, 4.69) is 10.3 Å². The molecule has 3 heterocycles. The lowest BCUT2D eigenvalue weighted by atomic mass is 9.91. The van der Waals surface area contributed by atoms with Gasteiger partial charge in [-0.2, -0.15) is 4.39 Å². The Kier molecular flexibility index (Phi) is 6.13. The molecule has 1 saturated heterocycles. The summed E-state index contributed by atoms with van der Waals surface area (Å²) in [4.78, 5) is 15.6. The number of aryl methyl sites for hydroxylation is 1. The van der Waals surface area contributed by atoms with Crippen LogP contribution in [0.15, 0.2) is 62.6 Å². The van der Waals surface area contributed by atoms with Crippen molar-refractivity contribution in [2.24, 2.45) is 0 Å². The van der Waals surface area contributed by atoms with Crippen LogP contribution in [-0.4, -0.2) is 24.5 Å². The number of pyridine rings is 1. The van der Waals surface area contributed by atoms with Crippen LogP contribution in [-0.2, 0) is 10.0 Å². The van der Waals surface area contributed by atoms with E-state index in [0.717, 1.165) is 54.3 Å². The minimum atomic E-state index is -4.49. The summed E-state index contributed by atoms with van der Waals surface area (Å²) >= 11 is 0. The second-order valence-electron chi connectivity index (χ2n) is 8.84. The first-order valence-corrected chi connectivity index (χ1v) is 13.0. The first-order chi connectivity index (χ1) is 17.2. The highest BCUT2D eigenvalue weighted by atomic mass is 32.2. The van der Waals surface area contributed by atoms with Crippen LogP contribution in [0.25, 0.3) is 11.1 Å². The van der Waals surface area contributed by atoms with Gasteiger partial charge >= 0.3 is 5.76 Å². The zero-order valence-corrected chi connectivity index (χ0v) is 20.4. The maximum atomic E-state index is 15.2. The Morgan fingerprint density at radius 1 is 1.19 bits per heavy atom. The largest absolute Gasteiger partial charge is 0.420 e. The Balaban J connectivity index is 1.58. The van der Waals surface area contributed by atoms with E-state index < -0.39 is 38.5 Å². The van der Waals surface area contributed by atoms with Gasteiger partial charge in [-0.25, -0.2) is 22.6 Å². The predicted molar refractivity (Wildman–Crippen MR) is 130 cm³/mol. The molecule has 11 heteroatoms. The Hall–Kier alpha value is -3.57. The molecular weight excluding hydrogens is 490 g/mol. The Labute approximate surface area is 206 Å². The van der Waals surface area contributed by atoms with Gasteiger partial charge in [0.2, 0.25) is 5.95 Å². The lowest BCUT2D eigenvalue weighted by Gasteiger charge is -2.23. The summed E-state index contributed by atoms with van der Waals surface area (Å²) in [5, 5.41) is 3.49. The lowest BCUT2D eigenvalue weighted by molar-refractivity contribution is 0.485. The number of sulfonamides is 1. The molecule has 0 aliphatic carbocycles. The van der Waals surface area contributed by atoms with Crippen molar-refractivity contribution in [1.82, 2.24) is 14.9 Å². The standard InChI is InChI=1S/C25H24F2N4O4S/c1-14-6-3-7-16(24(14)18-8-5-11-28-18)15(2)31-19-12-17(26)21(13-20(19)35-25(31)32)36(33,34)30-23-10-4-9-22(27)29-23/h3-4,6-7,9-10,12-13,15,18,28H,5,8,11H2,1-2H3,(H,29,30). The van der Waals surface area contributed by atoms with Crippen molar-refractivity contribution in [2.45, 2.75) is 43.7 Å². The highest BCUT2D eigenvalue weighted by molar-refractivity contribution is 7.92. The van der Waals surface area contributed by atoms with E-state index in [0.29, 0.717) is 0 Å². The van der Waals surface area contributed by atoms with E-state index >= 15 is 4.39 Å². The molecule has 2 unspecified atom stereocenters. The first kappa shape index (κ1) is 24.1. The second-order valence-corrected chi connectivity index (χ2v) is 10.5. The van der Waals surface area contributed by atoms with Crippen molar-refractivity contribution >= 4 is 26.9 Å². The molecule has 2 N–H and O–H groups in total. The molecule has 2 aromatic carbocycles. The van der Waals surface area contributed by atoms with Crippen molar-refractivity contribution < 1.29 is 21.6 Å². The molecule has 188 valence electrons. The quantitative estimate of drug-likeness (QED) is 0.369. The van der Waals surface area contributed by atoms with Gasteiger partial charge in [0.05, 0.1) is 11.6 Å². The van der Waals surface area contributed by atoms with Crippen molar-refractivity contribution in [1.29, 1.82) is 0 Å². The average molecular weight is 515 g/mol. The normalized spacial score (nSPS) is 16.9. The maximum Gasteiger partial charge on any atom is 0.420 e. The summed E-state index contributed by atoms with van der Waals surface area (Å²) < 4.78 is 62.9. The third kappa shape index (κ3) is 4.28. The van der Waals surface area contributed by atoms with Crippen LogP contribution in [0.1, 0.15) is 48.5 Å². The van der Waals surface area contributed by atoms with Crippen LogP contribution < -0.4 is 15.8 Å². The van der Waals surface area contributed by atoms with Crippen molar-refractivity contribution in [3.05, 3.63) is 87.5 Å². The van der Waals surface area contributed by atoms with Gasteiger partial charge in [0, 0.05) is 18.2 Å². The van der Waals surface area contributed by atoms with Crippen molar-refractivity contribution in [2.75, 3.05) is 11.3 Å². The highest BCUT2D eigenvalue weighted by Crippen LogP contribution is 2.35. The third-order valence-electron chi connectivity index (χ3n) is 6.51. The smallest absolute Gasteiger partial charge is 0.408 e. The summed E-state index contributed by atoms with van der Waals surface area (Å²) in [5.41, 5.74) is 3.11. The molecule has 1 fully saturated rings. The van der Waals surface area contributed by atoms with Crippen LogP contribution in [0.4, 0.5) is 14.6 Å². The minimum absolute atomic E-state index is 0.0889. The number of halogens is 2. The number of benzene rings is 2. The van der Waals surface area contributed by atoms with Gasteiger partial charge in [0.25, 0.3) is 10.0 Å². The molecule has 2 atom stereocenters. The molecule has 2 aromatic heterocycles. The SMILES string of the molecule is Cc1cccc(C(C)n2c(=O)oc3cc(S(=O)(=O)Nc4cccc(F)n4)c(F)cc32)c1C1CCCN1. The molecule has 0 bridgehead atoms. The van der Waals surface area contributed by atoms with E-state index in [1.807, 2.05) is 36.8 Å². The van der Waals surface area contributed by atoms with E-state index in [4.69, 9.17) is 4.42 Å². The van der Waals surface area contributed by atoms with Gasteiger partial charge in [-0.3, -0.25) is 9.29 Å². The molecule has 1 aliphatic heterocycles. The number of nitrogens with one attached hydrogen (secondary N) is 2. The number of anilines is 1. The molecular formula is C25H24F2N4O4S. The van der Waals surface area contributed by atoms with Gasteiger partial charge in [0.1, 0.15) is 16.5 Å². The Morgan fingerprint density at radius 2 is 1.97 bits per heavy atom. The fraction of sp³-hybridized carbons (Fsp3) is 0.280. The number of oxazole rings is 1. The lowest BCUT2D eigenvalue weighted by Crippen LogP contribution is -2.23. The molecule has 1 aliphatic rings. The fourth-order valence-corrected chi connectivity index (χ4v) is 5.96. The minimum Gasteiger partial charge on any atom is -0.408 e. The van der Waals surface area contributed by atoms with Crippen LogP contribution >= 0.6 is 0 Å². The zero-order valence-electron chi connectivity index (χ0n) is 19.6. The number of rotatable bonds is 6. The number of nitrogens with zero attached hydrogens (tertiary/aromatic N) is 2. The third-order valence-corrected chi connectivity index (χ3v) is 7.88. The molecule has 0 spiro atoms. The van der Waals surface area contributed by atoms with Gasteiger partial charge in [-0.1, -0.05) is 24.3 Å². The number of aromatic nitrogens is 2. The van der Waals surface area contributed by atoms with Crippen LogP contribution in [0.2, 0.25) is 0 Å². The molecule has 36 heavy (non-hydrogen) atoms. The molecule has 0 saturated carbocycles. The fourth-order valence-electron chi connectivity index (χ4n) is 4.88. The van der Waals surface area contributed by atoms with Crippen molar-refractivity contribution in [3.63, 3.8) is 0 Å². The molecule has 0 amide bonds. The van der Waals surface area contributed by atoms with Gasteiger partial charge in [-0.05, 0) is 62.1 Å². The Morgan fingerprint density at radius 3 is 2.69 bits per heavy atom. The Bertz CT molecular complexity index is 1630. The van der Waals surface area contributed by atoms with Gasteiger partial charge in [0.15, 0.2) is 5.58 Å². The molecule has 8 nitrogen and oxygen atoms in total. The van der Waals surface area contributed by atoms with E-state index in [1.165, 1.54) is 16.7 Å². The summed E-state index contributed by atoms with van der Waals surface area (Å²) in [6.45, 7) is 4.74. The molecule has 0 radical (unpaired) electrons. The number of hydrogen-bond acceptors (Lipinski definition) is 6. The molecule has 5 rings (SSSR count). The van der Waals surface area contributed by atoms with Crippen molar-refractivity contribution in [3.8, 4) is 0 Å². The first-order valence-electron chi connectivity index (χ1n) is 11.5. The molecule has 4 aromatic rings. The maximum absolute atomic E-state index is 15.2. The van der Waals surface area contributed by atoms with E-state index in [1.54, 1.807) is 0 Å². The summed E-state index contributed by atoms with van der Waals surface area (Å²) in [5.74, 6) is -3.03. The van der Waals surface area contributed by atoms with E-state index in [9.17, 15) is 17.6 Å². The van der Waals surface area contributed by atoms with Crippen LogP contribution in [0.3, 0.4) is 0 Å². The second kappa shape index (κ2) is 9.14. The topological polar surface area (TPSA) is 106 Å². The average Bonchev–Trinajstić information content (AvgIpc) is 3.45. The number of fused-ring (bicyclic) bond motifs is 1. The number of hydrogen-bond donors (Lipinski definition) is 2. The van der Waals surface area contributed by atoms with Crippen LogP contribution in [0.5, 0.6) is 0 Å². The monoisotopic (exact) mass is 514 g/mol. The van der Waals surface area contributed by atoms with E-state index in [-0.39, 0.29) is 23.0 Å². The predicted octanol–water partition coefficient (Wildman–Crippen LogP) is 4.41.